The van der Waals surface area contributed by atoms with Gasteiger partial charge in [-0.15, -0.1) is 0 Å². The van der Waals surface area contributed by atoms with Crippen LogP contribution in [0, 0.1) is 20.0 Å². The molecule has 0 nitrogen and oxygen atoms in total. The second-order valence-electron chi connectivity index (χ2n) is 5.12. The summed E-state index contributed by atoms with van der Waals surface area (Å²) in [5.74, 6) is 0.734. The van der Waals surface area contributed by atoms with Gasteiger partial charge in [0.1, 0.15) is 0 Å². The van der Waals surface area contributed by atoms with E-state index in [2.05, 4.69) is 69.3 Å². The predicted molar refractivity (Wildman–Crippen MR) is 73.6 cm³/mol. The van der Waals surface area contributed by atoms with E-state index in [9.17, 15) is 0 Å². The van der Waals surface area contributed by atoms with Gasteiger partial charge in [0.15, 0.2) is 7.14 Å². The zero-order valence-corrected chi connectivity index (χ0v) is 13.4. The van der Waals surface area contributed by atoms with Crippen LogP contribution in [0.25, 0.3) is 0 Å². The lowest BCUT2D eigenvalue weighted by Crippen LogP contribution is -3.61. The Balaban J connectivity index is 2.11. The lowest BCUT2D eigenvalue weighted by molar-refractivity contribution is -0.597. The van der Waals surface area contributed by atoms with Gasteiger partial charge in [-0.1, -0.05) is 43.7 Å². The van der Waals surface area contributed by atoms with Gasteiger partial charge in [-0.3, -0.25) is 0 Å². The molecule has 0 fully saturated rings. The van der Waals surface area contributed by atoms with Crippen LogP contribution in [0.15, 0.2) is 48.5 Å². The van der Waals surface area contributed by atoms with Crippen molar-refractivity contribution in [1.82, 2.24) is 0 Å². The first-order chi connectivity index (χ1) is 8.63. The summed E-state index contributed by atoms with van der Waals surface area (Å²) in [5, 5.41) is 0. The highest BCUT2D eigenvalue weighted by atomic mass is 127. The van der Waals surface area contributed by atoms with Gasteiger partial charge in [0.05, 0.1) is 0 Å². The fourth-order valence-electron chi connectivity index (χ4n) is 1.92. The van der Waals surface area contributed by atoms with Gasteiger partial charge >= 0.3 is 21.2 Å². The molecule has 0 bridgehead atoms. The Hall–Kier alpha value is -0.830. The first-order valence-corrected chi connectivity index (χ1v) is 8.59. The number of aryl methyl sites for hydroxylation is 1. The average Bonchev–Trinajstić information content (AvgIpc) is 2.32. The van der Waals surface area contributed by atoms with Crippen molar-refractivity contribution >= 4 is 0 Å². The molecule has 0 aliphatic rings. The molecular formula is C17H20I+. The third kappa shape index (κ3) is 4.13. The van der Waals surface area contributed by atoms with Gasteiger partial charge in [-0.2, -0.15) is 0 Å². The minimum absolute atomic E-state index is 0.0268. The van der Waals surface area contributed by atoms with Crippen LogP contribution in [0.1, 0.15) is 25.0 Å². The van der Waals surface area contributed by atoms with Crippen LogP contribution in [-0.4, -0.2) is 0 Å². The standard InChI is InChI=1S/C17H20I/c1-13(2)11-15-5-4-6-17(12-15)18-16-9-7-14(3)8-10-16/h4-10,12-13H,11H2,1-3H3/q+1. The van der Waals surface area contributed by atoms with Gasteiger partial charge < -0.3 is 0 Å². The summed E-state index contributed by atoms with van der Waals surface area (Å²) in [5.41, 5.74) is 2.82. The van der Waals surface area contributed by atoms with Crippen molar-refractivity contribution in [2.24, 2.45) is 5.92 Å². The molecule has 2 rings (SSSR count). The van der Waals surface area contributed by atoms with Gasteiger partial charge in [0.25, 0.3) is 0 Å². The summed E-state index contributed by atoms with van der Waals surface area (Å²) in [4.78, 5) is 0. The number of halogens is 1. The Morgan fingerprint density at radius 2 is 1.67 bits per heavy atom. The molecular weight excluding hydrogens is 331 g/mol. The molecule has 0 radical (unpaired) electrons. The van der Waals surface area contributed by atoms with Crippen LogP contribution in [0.3, 0.4) is 0 Å². The molecule has 0 heterocycles. The molecule has 0 aliphatic carbocycles. The topological polar surface area (TPSA) is 0 Å². The van der Waals surface area contributed by atoms with Gasteiger partial charge in [-0.05, 0) is 49.1 Å². The minimum Gasteiger partial charge on any atom is -0.0625 e. The summed E-state index contributed by atoms with van der Waals surface area (Å²) in [6.45, 7) is 6.70. The van der Waals surface area contributed by atoms with Crippen LogP contribution in [0.4, 0.5) is 0 Å². The Morgan fingerprint density at radius 3 is 2.33 bits per heavy atom. The molecule has 0 aromatic heterocycles. The van der Waals surface area contributed by atoms with E-state index in [0.717, 1.165) is 5.92 Å². The van der Waals surface area contributed by atoms with E-state index in [1.54, 1.807) is 0 Å². The smallest absolute Gasteiger partial charge is 0.0625 e. The van der Waals surface area contributed by atoms with Crippen LogP contribution >= 0.6 is 0 Å². The second kappa shape index (κ2) is 6.37. The summed E-state index contributed by atoms with van der Waals surface area (Å²) in [6, 6.07) is 18.1. The van der Waals surface area contributed by atoms with Crippen molar-refractivity contribution in [1.29, 1.82) is 0 Å². The van der Waals surface area contributed by atoms with Crippen molar-refractivity contribution in [3.8, 4) is 0 Å². The molecule has 1 heteroatoms. The minimum atomic E-state index is -0.0268. The molecule has 0 N–H and O–H groups in total. The van der Waals surface area contributed by atoms with E-state index < -0.39 is 0 Å². The Bertz CT molecular complexity index is 497. The fraction of sp³-hybridized carbons (Fsp3) is 0.294. The van der Waals surface area contributed by atoms with Gasteiger partial charge in [0, 0.05) is 0 Å². The Kier molecular flexibility index (Phi) is 4.81. The summed E-state index contributed by atoms with van der Waals surface area (Å²) in [6.07, 6.45) is 1.19. The highest BCUT2D eigenvalue weighted by Crippen LogP contribution is 2.06. The average molecular weight is 351 g/mol. The monoisotopic (exact) mass is 351 g/mol. The summed E-state index contributed by atoms with van der Waals surface area (Å²) >= 11 is -0.0268. The lowest BCUT2D eigenvalue weighted by Gasteiger charge is -2.03. The molecule has 0 saturated carbocycles. The highest BCUT2D eigenvalue weighted by Gasteiger charge is 2.15. The quantitative estimate of drug-likeness (QED) is 0.729. The first-order valence-electron chi connectivity index (χ1n) is 6.44. The number of hydrogen-bond donors (Lipinski definition) is 0. The van der Waals surface area contributed by atoms with Crippen LogP contribution in [0.2, 0.25) is 0 Å². The van der Waals surface area contributed by atoms with Crippen molar-refractivity contribution in [2.45, 2.75) is 27.2 Å². The highest BCUT2D eigenvalue weighted by molar-refractivity contribution is 5.15. The molecule has 0 spiro atoms. The second-order valence-corrected chi connectivity index (χ2v) is 8.15. The zero-order chi connectivity index (χ0) is 13.0. The van der Waals surface area contributed by atoms with Crippen molar-refractivity contribution in [2.75, 3.05) is 0 Å². The van der Waals surface area contributed by atoms with Gasteiger partial charge in [-0.25, -0.2) is 0 Å². The SMILES string of the molecule is Cc1ccc([I+]c2cccc(CC(C)C)c2)cc1. The molecule has 18 heavy (non-hydrogen) atoms. The van der Waals surface area contributed by atoms with E-state index in [0.29, 0.717) is 0 Å². The van der Waals surface area contributed by atoms with E-state index in [4.69, 9.17) is 0 Å². The zero-order valence-electron chi connectivity index (χ0n) is 11.3. The Labute approximate surface area is 121 Å². The molecule has 2 aromatic carbocycles. The van der Waals surface area contributed by atoms with Crippen LogP contribution < -0.4 is 21.2 Å². The molecule has 0 saturated heterocycles. The third-order valence-electron chi connectivity index (χ3n) is 2.76. The van der Waals surface area contributed by atoms with Crippen molar-refractivity contribution in [3.05, 3.63) is 66.8 Å². The van der Waals surface area contributed by atoms with Crippen LogP contribution in [0.5, 0.6) is 0 Å². The van der Waals surface area contributed by atoms with E-state index in [1.165, 1.54) is 24.7 Å². The molecule has 94 valence electrons. The van der Waals surface area contributed by atoms with E-state index >= 15 is 0 Å². The number of benzene rings is 2. The van der Waals surface area contributed by atoms with Gasteiger partial charge in [0.2, 0.25) is 0 Å². The Morgan fingerprint density at radius 1 is 0.944 bits per heavy atom. The molecule has 0 amide bonds. The predicted octanol–water partition coefficient (Wildman–Crippen LogP) is 1.32. The number of hydrogen-bond acceptors (Lipinski definition) is 0. The molecule has 0 atom stereocenters. The molecule has 0 aliphatic heterocycles. The summed E-state index contributed by atoms with van der Waals surface area (Å²) < 4.78 is 3.02. The van der Waals surface area contributed by atoms with Crippen LogP contribution in [-0.2, 0) is 6.42 Å². The maximum Gasteiger partial charge on any atom is 0.357 e. The normalized spacial score (nSPS) is 10.9. The van der Waals surface area contributed by atoms with E-state index in [1.807, 2.05) is 0 Å². The summed E-state index contributed by atoms with van der Waals surface area (Å²) in [7, 11) is 0. The fourth-order valence-corrected chi connectivity index (χ4v) is 4.30. The third-order valence-corrected chi connectivity index (χ3v) is 5.40. The maximum absolute atomic E-state index is 2.40. The van der Waals surface area contributed by atoms with Crippen molar-refractivity contribution < 1.29 is 21.2 Å². The molecule has 0 unspecified atom stereocenters. The lowest BCUT2D eigenvalue weighted by atomic mass is 10.0. The van der Waals surface area contributed by atoms with Crippen molar-refractivity contribution in [3.63, 3.8) is 0 Å². The largest absolute Gasteiger partial charge is 0.357 e. The maximum atomic E-state index is 2.40. The first kappa shape index (κ1) is 13.6. The molecule has 2 aromatic rings. The van der Waals surface area contributed by atoms with E-state index in [-0.39, 0.29) is 21.2 Å². The number of rotatable bonds is 4.